The first-order valence-corrected chi connectivity index (χ1v) is 7.65. The largest absolute Gasteiger partial charge is 0.342 e. The Kier molecular flexibility index (Phi) is 5.60. The summed E-state index contributed by atoms with van der Waals surface area (Å²) in [4.78, 5) is 16.4. The van der Waals surface area contributed by atoms with Crippen molar-refractivity contribution in [1.82, 2.24) is 9.80 Å². The second-order valence-corrected chi connectivity index (χ2v) is 5.95. The molecule has 1 amide bonds. The van der Waals surface area contributed by atoms with Crippen molar-refractivity contribution in [2.75, 3.05) is 20.6 Å². The molecule has 3 nitrogen and oxygen atoms in total. The van der Waals surface area contributed by atoms with Crippen LogP contribution in [0.15, 0.2) is 30.3 Å². The van der Waals surface area contributed by atoms with Crippen molar-refractivity contribution in [2.24, 2.45) is 0 Å². The molecule has 20 heavy (non-hydrogen) atoms. The molecule has 0 aromatic heterocycles. The highest BCUT2D eigenvalue weighted by Crippen LogP contribution is 2.21. The molecular weight excluding hydrogens is 248 g/mol. The van der Waals surface area contributed by atoms with E-state index in [-0.39, 0.29) is 5.91 Å². The minimum Gasteiger partial charge on any atom is -0.342 e. The molecule has 0 saturated heterocycles. The lowest BCUT2D eigenvalue weighted by Gasteiger charge is -2.32. The average Bonchev–Trinajstić information content (AvgIpc) is 2.48. The Balaban J connectivity index is 1.80. The van der Waals surface area contributed by atoms with Crippen LogP contribution in [0.5, 0.6) is 0 Å². The van der Waals surface area contributed by atoms with E-state index in [4.69, 9.17) is 0 Å². The number of hydrogen-bond acceptors (Lipinski definition) is 2. The number of carbonyl (C=O) groups excluding carboxylic acids is 1. The molecule has 0 N–H and O–H groups in total. The van der Waals surface area contributed by atoms with Crippen molar-refractivity contribution in [3.8, 4) is 0 Å². The summed E-state index contributed by atoms with van der Waals surface area (Å²) in [5.41, 5.74) is 1.25. The lowest BCUT2D eigenvalue weighted by atomic mass is 9.94. The molecule has 1 fully saturated rings. The van der Waals surface area contributed by atoms with E-state index in [0.29, 0.717) is 12.6 Å². The molecule has 1 aliphatic carbocycles. The van der Waals surface area contributed by atoms with E-state index in [1.54, 1.807) is 0 Å². The minimum atomic E-state index is 0.246. The van der Waals surface area contributed by atoms with Gasteiger partial charge in [-0.25, -0.2) is 0 Å². The lowest BCUT2D eigenvalue weighted by molar-refractivity contribution is -0.133. The Labute approximate surface area is 122 Å². The van der Waals surface area contributed by atoms with Gasteiger partial charge in [0, 0.05) is 19.6 Å². The Bertz CT molecular complexity index is 412. The molecule has 110 valence electrons. The van der Waals surface area contributed by atoms with Gasteiger partial charge in [-0.2, -0.15) is 0 Å². The molecule has 0 spiro atoms. The second-order valence-electron chi connectivity index (χ2n) is 5.95. The number of hydrogen-bond donors (Lipinski definition) is 0. The highest BCUT2D eigenvalue weighted by molar-refractivity contribution is 5.78. The molecule has 1 saturated carbocycles. The monoisotopic (exact) mass is 274 g/mol. The fourth-order valence-electron chi connectivity index (χ4n) is 2.97. The topological polar surface area (TPSA) is 23.6 Å². The number of carbonyl (C=O) groups is 1. The van der Waals surface area contributed by atoms with Gasteiger partial charge in [0.05, 0.1) is 6.54 Å². The number of amides is 1. The summed E-state index contributed by atoms with van der Waals surface area (Å²) in [5, 5.41) is 0. The fourth-order valence-corrected chi connectivity index (χ4v) is 2.97. The molecule has 0 heterocycles. The van der Waals surface area contributed by atoms with Crippen LogP contribution in [-0.2, 0) is 11.3 Å². The SMILES string of the molecule is CN(CC(=O)N(C)C1CCCCC1)Cc1ccccc1. The quantitative estimate of drug-likeness (QED) is 0.824. The molecule has 0 bridgehead atoms. The molecular formula is C17H26N2O. The van der Waals surface area contributed by atoms with E-state index >= 15 is 0 Å². The predicted octanol–water partition coefficient (Wildman–Crippen LogP) is 2.91. The highest BCUT2D eigenvalue weighted by Gasteiger charge is 2.22. The van der Waals surface area contributed by atoms with E-state index < -0.39 is 0 Å². The van der Waals surface area contributed by atoms with Crippen LogP contribution in [0.1, 0.15) is 37.7 Å². The third-order valence-electron chi connectivity index (χ3n) is 4.22. The predicted molar refractivity (Wildman–Crippen MR) is 82.4 cm³/mol. The van der Waals surface area contributed by atoms with Crippen LogP contribution in [0.25, 0.3) is 0 Å². The number of rotatable bonds is 5. The Hall–Kier alpha value is -1.35. The van der Waals surface area contributed by atoms with Gasteiger partial charge < -0.3 is 4.90 Å². The molecule has 1 aromatic rings. The molecule has 1 aliphatic rings. The number of benzene rings is 1. The zero-order valence-corrected chi connectivity index (χ0v) is 12.7. The first-order valence-electron chi connectivity index (χ1n) is 7.65. The van der Waals surface area contributed by atoms with Crippen LogP contribution in [0, 0.1) is 0 Å². The van der Waals surface area contributed by atoms with Crippen LogP contribution in [0.3, 0.4) is 0 Å². The Morgan fingerprint density at radius 3 is 2.40 bits per heavy atom. The van der Waals surface area contributed by atoms with E-state index in [9.17, 15) is 4.79 Å². The van der Waals surface area contributed by atoms with Crippen LogP contribution in [0.4, 0.5) is 0 Å². The van der Waals surface area contributed by atoms with Gasteiger partial charge in [-0.15, -0.1) is 0 Å². The van der Waals surface area contributed by atoms with Gasteiger partial charge >= 0.3 is 0 Å². The van der Waals surface area contributed by atoms with Crippen LogP contribution >= 0.6 is 0 Å². The maximum absolute atomic E-state index is 12.3. The average molecular weight is 274 g/mol. The smallest absolute Gasteiger partial charge is 0.236 e. The summed E-state index contributed by atoms with van der Waals surface area (Å²) in [7, 11) is 3.98. The van der Waals surface area contributed by atoms with Crippen molar-refractivity contribution in [3.05, 3.63) is 35.9 Å². The van der Waals surface area contributed by atoms with E-state index in [1.165, 1.54) is 37.7 Å². The second kappa shape index (κ2) is 7.44. The normalized spacial score (nSPS) is 16.4. The van der Waals surface area contributed by atoms with Crippen molar-refractivity contribution in [3.63, 3.8) is 0 Å². The zero-order valence-electron chi connectivity index (χ0n) is 12.7. The van der Waals surface area contributed by atoms with Crippen LogP contribution < -0.4 is 0 Å². The summed E-state index contributed by atoms with van der Waals surface area (Å²) in [5.74, 6) is 0.246. The van der Waals surface area contributed by atoms with E-state index in [1.807, 2.05) is 37.2 Å². The van der Waals surface area contributed by atoms with Gasteiger partial charge in [0.25, 0.3) is 0 Å². The van der Waals surface area contributed by atoms with Crippen molar-refractivity contribution < 1.29 is 4.79 Å². The number of likely N-dealkylation sites (N-methyl/N-ethyl adjacent to an activating group) is 2. The van der Waals surface area contributed by atoms with Gasteiger partial charge in [0.2, 0.25) is 5.91 Å². The fraction of sp³-hybridized carbons (Fsp3) is 0.588. The minimum absolute atomic E-state index is 0.246. The summed E-state index contributed by atoms with van der Waals surface area (Å²) < 4.78 is 0. The van der Waals surface area contributed by atoms with Gasteiger partial charge in [0.1, 0.15) is 0 Å². The van der Waals surface area contributed by atoms with Gasteiger partial charge in [0.15, 0.2) is 0 Å². The summed E-state index contributed by atoms with van der Waals surface area (Å²) >= 11 is 0. The molecule has 1 aromatic carbocycles. The third kappa shape index (κ3) is 4.34. The number of nitrogens with zero attached hydrogens (tertiary/aromatic N) is 2. The summed E-state index contributed by atoms with van der Waals surface area (Å²) in [6.07, 6.45) is 6.20. The summed E-state index contributed by atoms with van der Waals surface area (Å²) in [6.45, 7) is 1.33. The Morgan fingerprint density at radius 2 is 1.75 bits per heavy atom. The maximum atomic E-state index is 12.3. The third-order valence-corrected chi connectivity index (χ3v) is 4.22. The molecule has 3 heteroatoms. The first kappa shape index (κ1) is 15.0. The van der Waals surface area contributed by atoms with Gasteiger partial charge in [-0.05, 0) is 25.5 Å². The molecule has 0 unspecified atom stereocenters. The molecule has 2 rings (SSSR count). The summed E-state index contributed by atoms with van der Waals surface area (Å²) in [6, 6.07) is 10.8. The van der Waals surface area contributed by atoms with Gasteiger partial charge in [-0.3, -0.25) is 9.69 Å². The van der Waals surface area contributed by atoms with Gasteiger partial charge in [-0.1, -0.05) is 49.6 Å². The van der Waals surface area contributed by atoms with Crippen molar-refractivity contribution >= 4 is 5.91 Å². The zero-order chi connectivity index (χ0) is 14.4. The van der Waals surface area contributed by atoms with E-state index in [0.717, 1.165) is 6.54 Å². The molecule has 0 radical (unpaired) electrons. The lowest BCUT2D eigenvalue weighted by Crippen LogP contribution is -2.43. The highest BCUT2D eigenvalue weighted by atomic mass is 16.2. The first-order chi connectivity index (χ1) is 9.66. The van der Waals surface area contributed by atoms with Crippen LogP contribution in [-0.4, -0.2) is 42.4 Å². The molecule has 0 aliphatic heterocycles. The van der Waals surface area contributed by atoms with Crippen molar-refractivity contribution in [1.29, 1.82) is 0 Å². The molecule has 0 atom stereocenters. The maximum Gasteiger partial charge on any atom is 0.236 e. The van der Waals surface area contributed by atoms with Crippen molar-refractivity contribution in [2.45, 2.75) is 44.7 Å². The van der Waals surface area contributed by atoms with Crippen LogP contribution in [0.2, 0.25) is 0 Å². The standard InChI is InChI=1S/C17H26N2O/c1-18(13-15-9-5-3-6-10-15)14-17(20)19(2)16-11-7-4-8-12-16/h3,5-6,9-10,16H,4,7-8,11-14H2,1-2H3. The van der Waals surface area contributed by atoms with E-state index in [2.05, 4.69) is 17.0 Å². The Morgan fingerprint density at radius 1 is 1.10 bits per heavy atom.